The van der Waals surface area contributed by atoms with Crippen LogP contribution in [0.25, 0.3) is 49.2 Å². The van der Waals surface area contributed by atoms with Gasteiger partial charge in [-0.1, -0.05) is 11.6 Å². The first kappa shape index (κ1) is 40.9. The maximum absolute atomic E-state index is 15.1. The Morgan fingerprint density at radius 1 is 0.650 bits per heavy atom. The van der Waals surface area contributed by atoms with Crippen LogP contribution < -0.4 is 35.7 Å². The number of benzene rings is 5. The number of ketones is 1. The van der Waals surface area contributed by atoms with Crippen LogP contribution in [0, 0.1) is 23.7 Å². The minimum Gasteiger partial charge on any atom is -0.507 e. The normalized spacial score (nSPS) is 21.5. The lowest BCUT2D eigenvalue weighted by molar-refractivity contribution is -0.147. The van der Waals surface area contributed by atoms with E-state index in [2.05, 4.69) is 10.6 Å². The number of carbonyl (C=O) groups is 3. The average molecular weight is 821 g/mol. The van der Waals surface area contributed by atoms with Crippen LogP contribution in [0.15, 0.2) is 27.3 Å². The summed E-state index contributed by atoms with van der Waals surface area (Å²) in [6.45, 7) is 4.25. The highest BCUT2D eigenvalue weighted by atomic mass is 16.5. The quantitative estimate of drug-likeness (QED) is 0.0642. The highest BCUT2D eigenvalue weighted by molar-refractivity contribution is 6.40. The lowest BCUT2D eigenvalue weighted by atomic mass is 9.80. The molecule has 13 nitrogen and oxygen atoms in total. The van der Waals surface area contributed by atoms with E-state index in [1.54, 1.807) is 6.07 Å². The monoisotopic (exact) mass is 820 g/mol. The number of phenols is 1. The third-order valence-corrected chi connectivity index (χ3v) is 13.6. The number of methoxy groups -OCH3 is 5. The van der Waals surface area contributed by atoms with Gasteiger partial charge in [0.25, 0.3) is 0 Å². The van der Waals surface area contributed by atoms with E-state index in [9.17, 15) is 24.3 Å². The van der Waals surface area contributed by atoms with Crippen molar-refractivity contribution in [3.05, 3.63) is 49.3 Å². The number of nitrogens with one attached hydrogen (secondary N) is 2. The van der Waals surface area contributed by atoms with E-state index in [1.165, 1.54) is 48.5 Å². The van der Waals surface area contributed by atoms with Gasteiger partial charge in [-0.2, -0.15) is 0 Å². The summed E-state index contributed by atoms with van der Waals surface area (Å²) >= 11 is 0. The van der Waals surface area contributed by atoms with E-state index in [0.29, 0.717) is 105 Å². The summed E-state index contributed by atoms with van der Waals surface area (Å²) in [6, 6.07) is 3.20. The Labute approximate surface area is 347 Å². The Hall–Kier alpha value is -5.85. The second-order valence-electron chi connectivity index (χ2n) is 16.8. The molecule has 0 spiro atoms. The lowest BCUT2D eigenvalue weighted by Crippen LogP contribution is -2.27. The molecule has 5 aromatic rings. The molecule has 3 aliphatic rings. The fourth-order valence-electron chi connectivity index (χ4n) is 10.6. The predicted molar refractivity (Wildman–Crippen MR) is 232 cm³/mol. The molecular weight excluding hydrogens is 769 g/mol. The molecule has 2 saturated carbocycles. The van der Waals surface area contributed by atoms with E-state index in [1.807, 2.05) is 13.0 Å². The molecule has 0 aromatic heterocycles. The number of phenolic OH excluding ortho intramolecular Hbond substituents is 1. The number of hydrogen-bond donors (Lipinski definition) is 3. The first-order chi connectivity index (χ1) is 28.9. The van der Waals surface area contributed by atoms with Crippen molar-refractivity contribution in [3.8, 4) is 23.0 Å². The van der Waals surface area contributed by atoms with E-state index in [-0.39, 0.29) is 69.7 Å². The molecule has 3 aliphatic carbocycles. The van der Waals surface area contributed by atoms with Gasteiger partial charge in [-0.3, -0.25) is 24.0 Å². The second kappa shape index (κ2) is 16.0. The molecule has 0 radical (unpaired) electrons. The SMILES string of the molecule is COC(=O)C1CCC(CNc2c3c4c5c(c(OC)c(=O)c6c(NCC7CCC(C(=O)OC)CC7)cc(OC)c(c7c(OC)cc(O)c(c2=O)c74)c65)C(C(C)=O)C(C)=C3)CC1. The number of carbonyl (C=O) groups excluding carboxylic acids is 3. The molecule has 60 heavy (non-hydrogen) atoms. The summed E-state index contributed by atoms with van der Waals surface area (Å²) in [4.78, 5) is 68.5. The molecule has 8 rings (SSSR count). The molecule has 0 bridgehead atoms. The zero-order valence-electron chi connectivity index (χ0n) is 35.2. The second-order valence-corrected chi connectivity index (χ2v) is 16.8. The van der Waals surface area contributed by atoms with Crippen molar-refractivity contribution < 1.29 is 43.2 Å². The van der Waals surface area contributed by atoms with Crippen molar-refractivity contribution in [1.29, 1.82) is 0 Å². The Bertz CT molecular complexity index is 2710. The molecule has 0 heterocycles. The minimum atomic E-state index is -0.910. The summed E-state index contributed by atoms with van der Waals surface area (Å²) in [5.41, 5.74) is 1.47. The molecule has 2 fully saturated rings. The van der Waals surface area contributed by atoms with Crippen LogP contribution in [0.5, 0.6) is 23.0 Å². The number of Topliss-reactive ketones (excluding diaryl/α,β-unsaturated/α-hetero) is 1. The van der Waals surface area contributed by atoms with Crippen LogP contribution in [0.2, 0.25) is 0 Å². The maximum atomic E-state index is 15.1. The van der Waals surface area contributed by atoms with Gasteiger partial charge >= 0.3 is 11.9 Å². The van der Waals surface area contributed by atoms with E-state index >= 15 is 4.79 Å². The van der Waals surface area contributed by atoms with Gasteiger partial charge in [0.1, 0.15) is 23.0 Å². The van der Waals surface area contributed by atoms with Gasteiger partial charge < -0.3 is 39.4 Å². The van der Waals surface area contributed by atoms with Crippen molar-refractivity contribution in [2.75, 3.05) is 59.3 Å². The molecule has 13 heteroatoms. The Kier molecular flexibility index (Phi) is 10.9. The van der Waals surface area contributed by atoms with Crippen LogP contribution in [0.4, 0.5) is 11.4 Å². The van der Waals surface area contributed by atoms with Crippen molar-refractivity contribution >= 4 is 78.3 Å². The average Bonchev–Trinajstić information content (AvgIpc) is 3.39. The fraction of sp³-hybridized carbons (Fsp3) is 0.468. The zero-order chi connectivity index (χ0) is 42.7. The van der Waals surface area contributed by atoms with Gasteiger partial charge in [0.15, 0.2) is 5.75 Å². The predicted octanol–water partition coefficient (Wildman–Crippen LogP) is 7.50. The van der Waals surface area contributed by atoms with Crippen LogP contribution >= 0.6 is 0 Å². The topological polar surface area (TPSA) is 176 Å². The maximum Gasteiger partial charge on any atom is 0.308 e. The molecule has 316 valence electrons. The molecule has 0 amide bonds. The van der Waals surface area contributed by atoms with Crippen LogP contribution in [-0.4, -0.2) is 71.5 Å². The number of ether oxygens (including phenoxy) is 5. The molecule has 5 aromatic carbocycles. The van der Waals surface area contributed by atoms with Gasteiger partial charge in [0.05, 0.1) is 69.8 Å². The van der Waals surface area contributed by atoms with Gasteiger partial charge in [0.2, 0.25) is 10.9 Å². The first-order valence-corrected chi connectivity index (χ1v) is 20.8. The highest BCUT2D eigenvalue weighted by Crippen LogP contribution is 2.56. The molecule has 1 atom stereocenters. The van der Waals surface area contributed by atoms with Crippen molar-refractivity contribution in [1.82, 2.24) is 0 Å². The molecular formula is C47H52N2O11. The van der Waals surface area contributed by atoms with Gasteiger partial charge in [-0.25, -0.2) is 0 Å². The summed E-state index contributed by atoms with van der Waals surface area (Å²) in [6.07, 6.45) is 7.73. The van der Waals surface area contributed by atoms with Crippen molar-refractivity contribution in [2.45, 2.75) is 71.1 Å². The summed E-state index contributed by atoms with van der Waals surface area (Å²) < 4.78 is 28.2. The highest BCUT2D eigenvalue weighted by Gasteiger charge is 2.38. The largest absolute Gasteiger partial charge is 0.507 e. The summed E-state index contributed by atoms with van der Waals surface area (Å²) in [5.74, 6) is -1.04. The Morgan fingerprint density at radius 3 is 1.70 bits per heavy atom. The third kappa shape index (κ3) is 6.39. The summed E-state index contributed by atoms with van der Waals surface area (Å²) in [5, 5.41) is 22.3. The molecule has 0 saturated heterocycles. The number of hydrogen-bond acceptors (Lipinski definition) is 13. The van der Waals surface area contributed by atoms with E-state index < -0.39 is 16.8 Å². The standard InChI is InChI=1S/C47H52N2O11/c1-21-16-27-33-38-35(43(52)42(27)49-20-24-10-14-26(15-11-24)47(55)60-7)29(51)18-31(57-4)37(38)36-30(56-3)17-28(48-19-23-8-12-25(13-9-23)46(54)59-6)34-40(36)39(33)41(32(21)22(2)50)45(58-5)44(34)53/h16-18,23-26,32,48-49,51H,8-15,19-20H2,1-7H3. The fourth-order valence-corrected chi connectivity index (χ4v) is 10.6. The van der Waals surface area contributed by atoms with Gasteiger partial charge in [0, 0.05) is 69.0 Å². The van der Waals surface area contributed by atoms with Gasteiger partial charge in [-0.15, -0.1) is 0 Å². The Morgan fingerprint density at radius 2 is 1.18 bits per heavy atom. The van der Waals surface area contributed by atoms with E-state index in [0.717, 1.165) is 25.7 Å². The van der Waals surface area contributed by atoms with Crippen LogP contribution in [-0.2, 0) is 23.9 Å². The summed E-state index contributed by atoms with van der Waals surface area (Å²) in [7, 11) is 7.26. The van der Waals surface area contributed by atoms with Gasteiger partial charge in [-0.05, 0) is 82.4 Å². The first-order valence-electron chi connectivity index (χ1n) is 20.8. The molecule has 1 unspecified atom stereocenters. The number of rotatable bonds is 12. The number of fused-ring (bicyclic) bond motifs is 1. The number of aromatic hydroxyl groups is 1. The molecule has 3 N–H and O–H groups in total. The minimum absolute atomic E-state index is 0.0165. The van der Waals surface area contributed by atoms with Crippen molar-refractivity contribution in [3.63, 3.8) is 0 Å². The smallest absolute Gasteiger partial charge is 0.308 e. The number of anilines is 2. The molecule has 0 aliphatic heterocycles. The van der Waals surface area contributed by atoms with Crippen molar-refractivity contribution in [2.24, 2.45) is 23.7 Å². The third-order valence-electron chi connectivity index (χ3n) is 13.6. The zero-order valence-corrected chi connectivity index (χ0v) is 35.2. The number of esters is 2. The Balaban J connectivity index is 1.42. The van der Waals surface area contributed by atoms with Crippen LogP contribution in [0.3, 0.4) is 0 Å². The van der Waals surface area contributed by atoms with E-state index in [4.69, 9.17) is 23.7 Å². The lowest BCUT2D eigenvalue weighted by Gasteiger charge is -2.29. The number of allylic oxidation sites excluding steroid dienone is 1. The van der Waals surface area contributed by atoms with Crippen LogP contribution in [0.1, 0.15) is 82.3 Å².